The number of hydrogen-bond donors (Lipinski definition) is 1. The van der Waals surface area contributed by atoms with E-state index in [-0.39, 0.29) is 5.69 Å². The van der Waals surface area contributed by atoms with Gasteiger partial charge in [-0.15, -0.1) is 0 Å². The number of methoxy groups -OCH3 is 2. The number of halogens is 3. The van der Waals surface area contributed by atoms with Crippen molar-refractivity contribution in [2.75, 3.05) is 26.1 Å². The summed E-state index contributed by atoms with van der Waals surface area (Å²) in [4.78, 5) is 23.6. The number of nitrogens with one attached hydrogen (secondary N) is 1. The van der Waals surface area contributed by atoms with Crippen molar-refractivity contribution < 1.29 is 37.0 Å². The largest absolute Gasteiger partial charge is 0.497 e. The summed E-state index contributed by atoms with van der Waals surface area (Å²) in [5.74, 6) is -0.518. The minimum absolute atomic E-state index is 0.0557. The maximum atomic E-state index is 12.7. The fourth-order valence-electron chi connectivity index (χ4n) is 2.25. The normalized spacial score (nSPS) is 11.2. The molecule has 0 aromatic heterocycles. The Kier molecular flexibility index (Phi) is 7.24. The predicted octanol–water partition coefficient (Wildman–Crippen LogP) is 3.92. The van der Waals surface area contributed by atoms with Crippen LogP contribution in [-0.4, -0.2) is 32.7 Å². The Labute approximate surface area is 164 Å². The zero-order chi connectivity index (χ0) is 21.4. The standard InChI is InChI=1S/C20H18F3NO5/c1-27-16-8-13(9-17(11-16)28-2)6-7-19(26)29-12-18(25)24-15-5-3-4-14(10-15)20(21,22)23/h3-11H,12H2,1-2H3,(H,24,25)/b7-6+. The lowest BCUT2D eigenvalue weighted by Crippen LogP contribution is -2.20. The molecule has 0 saturated carbocycles. The number of carbonyl (C=O) groups is 2. The second kappa shape index (κ2) is 9.63. The average Bonchev–Trinajstić information content (AvgIpc) is 2.70. The number of anilines is 1. The lowest BCUT2D eigenvalue weighted by molar-refractivity contribution is -0.142. The first-order chi connectivity index (χ1) is 13.7. The van der Waals surface area contributed by atoms with Gasteiger partial charge in [0.25, 0.3) is 5.91 Å². The van der Waals surface area contributed by atoms with Gasteiger partial charge in [-0.05, 0) is 42.0 Å². The molecular formula is C20H18F3NO5. The van der Waals surface area contributed by atoms with Crippen molar-refractivity contribution in [3.63, 3.8) is 0 Å². The lowest BCUT2D eigenvalue weighted by Gasteiger charge is -2.09. The number of carbonyl (C=O) groups excluding carboxylic acids is 2. The van der Waals surface area contributed by atoms with E-state index in [1.165, 1.54) is 26.4 Å². The molecule has 0 saturated heterocycles. The molecule has 0 unspecified atom stereocenters. The van der Waals surface area contributed by atoms with Crippen LogP contribution in [0.2, 0.25) is 0 Å². The monoisotopic (exact) mass is 409 g/mol. The molecule has 0 radical (unpaired) electrons. The van der Waals surface area contributed by atoms with E-state index in [1.807, 2.05) is 0 Å². The van der Waals surface area contributed by atoms with Gasteiger partial charge in [-0.2, -0.15) is 13.2 Å². The van der Waals surface area contributed by atoms with E-state index in [9.17, 15) is 22.8 Å². The first-order valence-corrected chi connectivity index (χ1v) is 8.26. The van der Waals surface area contributed by atoms with Crippen molar-refractivity contribution in [3.05, 3.63) is 59.7 Å². The molecule has 1 amide bonds. The molecule has 2 rings (SSSR count). The number of rotatable bonds is 7. The van der Waals surface area contributed by atoms with Crippen LogP contribution in [0.15, 0.2) is 48.5 Å². The third-order valence-corrected chi connectivity index (χ3v) is 3.60. The highest BCUT2D eigenvalue weighted by Crippen LogP contribution is 2.30. The molecule has 9 heteroatoms. The van der Waals surface area contributed by atoms with Crippen LogP contribution in [0.1, 0.15) is 11.1 Å². The molecule has 0 bridgehead atoms. The van der Waals surface area contributed by atoms with Crippen LogP contribution < -0.4 is 14.8 Å². The lowest BCUT2D eigenvalue weighted by atomic mass is 10.2. The molecule has 0 aliphatic carbocycles. The molecular weight excluding hydrogens is 391 g/mol. The highest BCUT2D eigenvalue weighted by atomic mass is 19.4. The Morgan fingerprint density at radius 1 is 1.03 bits per heavy atom. The van der Waals surface area contributed by atoms with Gasteiger partial charge in [0, 0.05) is 17.8 Å². The van der Waals surface area contributed by atoms with Crippen LogP contribution in [0.5, 0.6) is 11.5 Å². The fraction of sp³-hybridized carbons (Fsp3) is 0.200. The van der Waals surface area contributed by atoms with Crippen LogP contribution in [0.25, 0.3) is 6.08 Å². The van der Waals surface area contributed by atoms with Crippen molar-refractivity contribution in [1.29, 1.82) is 0 Å². The Bertz CT molecular complexity index is 887. The highest BCUT2D eigenvalue weighted by molar-refractivity contribution is 5.94. The Hall–Kier alpha value is -3.49. The summed E-state index contributed by atoms with van der Waals surface area (Å²) in [5.41, 5.74) is -0.351. The van der Waals surface area contributed by atoms with E-state index in [1.54, 1.807) is 18.2 Å². The molecule has 0 spiro atoms. The van der Waals surface area contributed by atoms with Gasteiger partial charge in [0.1, 0.15) is 11.5 Å². The van der Waals surface area contributed by atoms with Gasteiger partial charge >= 0.3 is 12.1 Å². The van der Waals surface area contributed by atoms with E-state index >= 15 is 0 Å². The van der Waals surface area contributed by atoms with Gasteiger partial charge < -0.3 is 19.5 Å². The smallest absolute Gasteiger partial charge is 0.416 e. The number of benzene rings is 2. The molecule has 154 valence electrons. The van der Waals surface area contributed by atoms with E-state index in [4.69, 9.17) is 14.2 Å². The molecule has 0 fully saturated rings. The van der Waals surface area contributed by atoms with E-state index in [0.717, 1.165) is 24.3 Å². The third kappa shape index (κ3) is 6.87. The summed E-state index contributed by atoms with van der Waals surface area (Å²) in [6.07, 6.45) is -1.98. The molecule has 0 aliphatic heterocycles. The molecule has 2 aromatic carbocycles. The molecule has 29 heavy (non-hydrogen) atoms. The summed E-state index contributed by atoms with van der Waals surface area (Å²) in [7, 11) is 2.97. The summed E-state index contributed by atoms with van der Waals surface area (Å²) in [6.45, 7) is -0.652. The first kappa shape index (κ1) is 21.8. The quantitative estimate of drug-likeness (QED) is 0.554. The second-order valence-electron chi connectivity index (χ2n) is 5.71. The second-order valence-corrected chi connectivity index (χ2v) is 5.71. The van der Waals surface area contributed by atoms with Gasteiger partial charge in [-0.1, -0.05) is 6.07 Å². The number of amides is 1. The zero-order valence-corrected chi connectivity index (χ0v) is 15.6. The first-order valence-electron chi connectivity index (χ1n) is 8.26. The van der Waals surface area contributed by atoms with Gasteiger partial charge in [0.2, 0.25) is 0 Å². The summed E-state index contributed by atoms with van der Waals surface area (Å²) < 4.78 is 53.0. The van der Waals surface area contributed by atoms with E-state index in [0.29, 0.717) is 17.1 Å². The molecule has 0 atom stereocenters. The molecule has 2 aromatic rings. The Balaban J connectivity index is 1.91. The Morgan fingerprint density at radius 2 is 1.69 bits per heavy atom. The van der Waals surface area contributed by atoms with E-state index in [2.05, 4.69) is 5.32 Å². The van der Waals surface area contributed by atoms with Gasteiger partial charge in [0.05, 0.1) is 19.8 Å². The van der Waals surface area contributed by atoms with Crippen molar-refractivity contribution in [2.45, 2.75) is 6.18 Å². The maximum absolute atomic E-state index is 12.7. The van der Waals surface area contributed by atoms with Crippen molar-refractivity contribution in [3.8, 4) is 11.5 Å². The summed E-state index contributed by atoms with van der Waals surface area (Å²) in [6, 6.07) is 9.11. The molecule has 0 heterocycles. The summed E-state index contributed by atoms with van der Waals surface area (Å²) in [5, 5.41) is 2.24. The van der Waals surface area contributed by atoms with Gasteiger partial charge in [0.15, 0.2) is 6.61 Å². The number of esters is 1. The van der Waals surface area contributed by atoms with Gasteiger partial charge in [-0.3, -0.25) is 4.79 Å². The molecule has 1 N–H and O–H groups in total. The zero-order valence-electron chi connectivity index (χ0n) is 15.6. The minimum Gasteiger partial charge on any atom is -0.497 e. The van der Waals surface area contributed by atoms with Crippen LogP contribution in [0, 0.1) is 0 Å². The third-order valence-electron chi connectivity index (χ3n) is 3.60. The number of alkyl halides is 3. The molecule has 0 aliphatic rings. The SMILES string of the molecule is COc1cc(/C=C/C(=O)OCC(=O)Nc2cccc(C(F)(F)F)c2)cc(OC)c1. The minimum atomic E-state index is -4.53. The van der Waals surface area contributed by atoms with E-state index < -0.39 is 30.2 Å². The Morgan fingerprint density at radius 3 is 2.28 bits per heavy atom. The maximum Gasteiger partial charge on any atom is 0.416 e. The topological polar surface area (TPSA) is 73.9 Å². The average molecular weight is 409 g/mol. The number of hydrogen-bond acceptors (Lipinski definition) is 5. The predicted molar refractivity (Wildman–Crippen MR) is 99.6 cm³/mol. The van der Waals surface area contributed by atoms with Crippen molar-refractivity contribution >= 4 is 23.6 Å². The van der Waals surface area contributed by atoms with Crippen molar-refractivity contribution in [1.82, 2.24) is 0 Å². The van der Waals surface area contributed by atoms with Crippen LogP contribution >= 0.6 is 0 Å². The van der Waals surface area contributed by atoms with Crippen LogP contribution in [0.4, 0.5) is 18.9 Å². The van der Waals surface area contributed by atoms with Crippen molar-refractivity contribution in [2.24, 2.45) is 0 Å². The molecule has 6 nitrogen and oxygen atoms in total. The van der Waals surface area contributed by atoms with Crippen LogP contribution in [-0.2, 0) is 20.5 Å². The summed E-state index contributed by atoms with van der Waals surface area (Å²) >= 11 is 0. The highest BCUT2D eigenvalue weighted by Gasteiger charge is 2.30. The fourth-order valence-corrected chi connectivity index (χ4v) is 2.25. The number of ether oxygens (including phenoxy) is 3. The van der Waals surface area contributed by atoms with Crippen LogP contribution in [0.3, 0.4) is 0 Å². The van der Waals surface area contributed by atoms with Gasteiger partial charge in [-0.25, -0.2) is 4.79 Å².